The summed E-state index contributed by atoms with van der Waals surface area (Å²) in [6.45, 7) is 0.735. The van der Waals surface area contributed by atoms with Crippen molar-refractivity contribution in [2.45, 2.75) is 6.42 Å². The zero-order valence-electron chi connectivity index (χ0n) is 4.35. The third kappa shape index (κ3) is 1.43. The van der Waals surface area contributed by atoms with Crippen LogP contribution in [0.2, 0.25) is 0 Å². The molecule has 0 amide bonds. The van der Waals surface area contributed by atoms with E-state index in [-0.39, 0.29) is 5.75 Å². The maximum Gasteiger partial charge on any atom is 0.224 e. The van der Waals surface area contributed by atoms with Crippen LogP contribution in [0.5, 0.6) is 0 Å². The van der Waals surface area contributed by atoms with E-state index in [1.807, 2.05) is 0 Å². The van der Waals surface area contributed by atoms with Crippen molar-refractivity contribution in [3.05, 3.63) is 0 Å². The molecule has 0 aromatic heterocycles. The molecule has 0 aliphatic carbocycles. The van der Waals surface area contributed by atoms with Crippen LogP contribution in [0.3, 0.4) is 0 Å². The van der Waals surface area contributed by atoms with Crippen molar-refractivity contribution >= 4 is 10.0 Å². The summed E-state index contributed by atoms with van der Waals surface area (Å²) < 4.78 is 21.0. The van der Waals surface area contributed by atoms with E-state index >= 15 is 0 Å². The summed E-state index contributed by atoms with van der Waals surface area (Å²) in [4.78, 5) is 2.18. The SMILES string of the molecule is O=S1(=O)CCCNN1. The topological polar surface area (TPSA) is 58.2 Å². The first-order valence-corrected chi connectivity index (χ1v) is 4.08. The Hall–Kier alpha value is -0.130. The molecule has 0 unspecified atom stereocenters. The van der Waals surface area contributed by atoms with Gasteiger partial charge in [-0.2, -0.15) is 4.83 Å². The van der Waals surface area contributed by atoms with Crippen LogP contribution in [0.15, 0.2) is 0 Å². The maximum atomic E-state index is 10.5. The Morgan fingerprint density at radius 3 is 2.38 bits per heavy atom. The molecule has 2 N–H and O–H groups in total. The molecule has 0 atom stereocenters. The fourth-order valence-electron chi connectivity index (χ4n) is 0.563. The average Bonchev–Trinajstić information content (AvgIpc) is 1.65. The molecule has 0 bridgehead atoms. The van der Waals surface area contributed by atoms with Crippen LogP contribution >= 0.6 is 0 Å². The van der Waals surface area contributed by atoms with Crippen molar-refractivity contribution in [2.75, 3.05) is 12.3 Å². The second-order valence-corrected chi connectivity index (χ2v) is 3.54. The summed E-state index contributed by atoms with van der Waals surface area (Å²) in [5.74, 6) is 0.250. The molecule has 1 heterocycles. The van der Waals surface area contributed by atoms with Gasteiger partial charge in [-0.3, -0.25) is 0 Å². The Morgan fingerprint density at radius 2 is 2.12 bits per heavy atom. The number of rotatable bonds is 0. The van der Waals surface area contributed by atoms with Crippen molar-refractivity contribution in [3.8, 4) is 0 Å². The van der Waals surface area contributed by atoms with Gasteiger partial charge < -0.3 is 0 Å². The molecule has 0 aromatic rings. The lowest BCUT2D eigenvalue weighted by Crippen LogP contribution is -2.44. The highest BCUT2D eigenvalue weighted by molar-refractivity contribution is 7.89. The minimum atomic E-state index is -2.94. The van der Waals surface area contributed by atoms with E-state index in [4.69, 9.17) is 0 Å². The largest absolute Gasteiger partial charge is 0.244 e. The highest BCUT2D eigenvalue weighted by atomic mass is 32.2. The van der Waals surface area contributed by atoms with Crippen molar-refractivity contribution < 1.29 is 8.42 Å². The molecule has 0 spiro atoms. The Morgan fingerprint density at radius 1 is 1.38 bits per heavy atom. The molecule has 8 heavy (non-hydrogen) atoms. The van der Waals surface area contributed by atoms with Crippen LogP contribution < -0.4 is 10.3 Å². The monoisotopic (exact) mass is 136 g/mol. The van der Waals surface area contributed by atoms with Gasteiger partial charge in [0.05, 0.1) is 5.75 Å². The van der Waals surface area contributed by atoms with Gasteiger partial charge in [-0.25, -0.2) is 13.8 Å². The summed E-state index contributed by atoms with van der Waals surface area (Å²) in [6.07, 6.45) is 0.704. The summed E-state index contributed by atoms with van der Waals surface area (Å²) in [5, 5.41) is 0. The predicted octanol–water partition coefficient (Wildman–Crippen LogP) is -1.19. The van der Waals surface area contributed by atoms with Crippen LogP contribution in [-0.2, 0) is 10.0 Å². The van der Waals surface area contributed by atoms with E-state index in [2.05, 4.69) is 10.3 Å². The third-order valence-corrected chi connectivity index (χ3v) is 2.22. The molecular formula is C3H8N2O2S. The number of hydrogen-bond donors (Lipinski definition) is 2. The minimum Gasteiger partial charge on any atom is -0.244 e. The van der Waals surface area contributed by atoms with Crippen LogP contribution in [0, 0.1) is 0 Å². The Labute approximate surface area is 48.3 Å². The smallest absolute Gasteiger partial charge is 0.224 e. The van der Waals surface area contributed by atoms with Gasteiger partial charge >= 0.3 is 0 Å². The molecule has 0 radical (unpaired) electrons. The maximum absolute atomic E-state index is 10.5. The summed E-state index contributed by atoms with van der Waals surface area (Å²) >= 11 is 0. The summed E-state index contributed by atoms with van der Waals surface area (Å²) in [5.41, 5.74) is 2.54. The molecule has 0 aromatic carbocycles. The highest BCUT2D eigenvalue weighted by Gasteiger charge is 2.12. The minimum absolute atomic E-state index is 0.250. The molecule has 5 heteroatoms. The lowest BCUT2D eigenvalue weighted by molar-refractivity contribution is 0.529. The first-order valence-electron chi connectivity index (χ1n) is 2.43. The standard InChI is InChI=1S/C3H8N2O2S/c6-8(7)3-1-2-4-5-8/h4-5H,1-3H2. The quantitative estimate of drug-likeness (QED) is 0.440. The normalized spacial score (nSPS) is 27.5. The van der Waals surface area contributed by atoms with Gasteiger partial charge in [-0.05, 0) is 6.42 Å². The van der Waals surface area contributed by atoms with E-state index < -0.39 is 10.0 Å². The Kier molecular flexibility index (Phi) is 1.50. The van der Waals surface area contributed by atoms with E-state index in [9.17, 15) is 8.42 Å². The first-order chi connectivity index (χ1) is 3.71. The molecule has 4 nitrogen and oxygen atoms in total. The van der Waals surface area contributed by atoms with Crippen molar-refractivity contribution in [1.29, 1.82) is 0 Å². The van der Waals surface area contributed by atoms with E-state index in [1.54, 1.807) is 0 Å². The van der Waals surface area contributed by atoms with Gasteiger partial charge in [0.1, 0.15) is 0 Å². The van der Waals surface area contributed by atoms with E-state index in [1.165, 1.54) is 0 Å². The summed E-state index contributed by atoms with van der Waals surface area (Å²) in [7, 11) is -2.94. The second kappa shape index (κ2) is 2.00. The van der Waals surface area contributed by atoms with Crippen LogP contribution in [0.25, 0.3) is 0 Å². The number of sulfonamides is 1. The zero-order valence-corrected chi connectivity index (χ0v) is 5.16. The average molecular weight is 136 g/mol. The Bertz CT molecular complexity index is 150. The van der Waals surface area contributed by atoms with Gasteiger partial charge in [0.15, 0.2) is 0 Å². The van der Waals surface area contributed by atoms with Gasteiger partial charge in [0.2, 0.25) is 10.0 Å². The molecule has 1 aliphatic rings. The fraction of sp³-hybridized carbons (Fsp3) is 1.00. The number of hydrazine groups is 1. The van der Waals surface area contributed by atoms with E-state index in [0.29, 0.717) is 6.42 Å². The number of nitrogens with one attached hydrogen (secondary N) is 2. The van der Waals surface area contributed by atoms with Crippen LogP contribution in [0.4, 0.5) is 0 Å². The van der Waals surface area contributed by atoms with Crippen LogP contribution in [0.1, 0.15) is 6.42 Å². The lowest BCUT2D eigenvalue weighted by Gasteiger charge is -2.12. The molecule has 1 saturated heterocycles. The molecule has 0 saturated carbocycles. The highest BCUT2D eigenvalue weighted by Crippen LogP contribution is 1.90. The van der Waals surface area contributed by atoms with Gasteiger partial charge in [0.25, 0.3) is 0 Å². The molecule has 1 aliphatic heterocycles. The Balaban J connectivity index is 2.58. The van der Waals surface area contributed by atoms with E-state index in [0.717, 1.165) is 6.54 Å². The lowest BCUT2D eigenvalue weighted by atomic mass is 10.5. The van der Waals surface area contributed by atoms with Crippen LogP contribution in [-0.4, -0.2) is 20.7 Å². The van der Waals surface area contributed by atoms with Crippen molar-refractivity contribution in [2.24, 2.45) is 0 Å². The third-order valence-electron chi connectivity index (χ3n) is 0.943. The van der Waals surface area contributed by atoms with Crippen molar-refractivity contribution in [1.82, 2.24) is 10.3 Å². The van der Waals surface area contributed by atoms with Gasteiger partial charge in [0, 0.05) is 6.54 Å². The molecular weight excluding hydrogens is 128 g/mol. The summed E-state index contributed by atoms with van der Waals surface area (Å²) in [6, 6.07) is 0. The first kappa shape index (κ1) is 6.00. The zero-order chi connectivity index (χ0) is 6.04. The fourth-order valence-corrected chi connectivity index (χ4v) is 1.51. The molecule has 1 fully saturated rings. The number of hydrogen-bond acceptors (Lipinski definition) is 3. The molecule has 1 rings (SSSR count). The predicted molar refractivity (Wildman–Crippen MR) is 29.5 cm³/mol. The molecule has 48 valence electrons. The van der Waals surface area contributed by atoms with Gasteiger partial charge in [-0.1, -0.05) is 0 Å². The van der Waals surface area contributed by atoms with Crippen molar-refractivity contribution in [3.63, 3.8) is 0 Å². The second-order valence-electron chi connectivity index (χ2n) is 1.70. The van der Waals surface area contributed by atoms with Gasteiger partial charge in [-0.15, -0.1) is 0 Å².